The van der Waals surface area contributed by atoms with Crippen LogP contribution in [0, 0.1) is 0 Å². The summed E-state index contributed by atoms with van der Waals surface area (Å²) in [5.41, 5.74) is 1.01. The highest BCUT2D eigenvalue weighted by molar-refractivity contribution is 7.09. The maximum atomic E-state index is 12.7. The van der Waals surface area contributed by atoms with Crippen molar-refractivity contribution < 1.29 is 14.3 Å². The standard InChI is InChI=1S/C17H19ClN2O3S/c1-22-10-15-19-14(11-24-15)16(21)20-17(6-8-23-9-7-17)12-2-4-13(18)5-3-12/h2-5,11H,6-10H2,1H3,(H,20,21). The van der Waals surface area contributed by atoms with Gasteiger partial charge in [0.05, 0.1) is 12.1 Å². The van der Waals surface area contributed by atoms with E-state index in [-0.39, 0.29) is 5.91 Å². The third-order valence-electron chi connectivity index (χ3n) is 4.15. The van der Waals surface area contributed by atoms with Crippen molar-refractivity contribution in [2.45, 2.75) is 25.0 Å². The molecule has 1 N–H and O–H groups in total. The van der Waals surface area contributed by atoms with Crippen LogP contribution in [0.5, 0.6) is 0 Å². The van der Waals surface area contributed by atoms with E-state index in [1.54, 1.807) is 12.5 Å². The summed E-state index contributed by atoms with van der Waals surface area (Å²) in [6, 6.07) is 7.62. The molecule has 5 nitrogen and oxygen atoms in total. The van der Waals surface area contributed by atoms with Crippen molar-refractivity contribution in [1.29, 1.82) is 0 Å². The number of carbonyl (C=O) groups is 1. The summed E-state index contributed by atoms with van der Waals surface area (Å²) in [5.74, 6) is -0.176. The highest BCUT2D eigenvalue weighted by Gasteiger charge is 2.36. The number of ether oxygens (including phenoxy) is 2. The van der Waals surface area contributed by atoms with Gasteiger partial charge in [-0.3, -0.25) is 4.79 Å². The lowest BCUT2D eigenvalue weighted by atomic mass is 9.82. The second kappa shape index (κ2) is 7.61. The van der Waals surface area contributed by atoms with Gasteiger partial charge in [0, 0.05) is 30.7 Å². The van der Waals surface area contributed by atoms with Gasteiger partial charge < -0.3 is 14.8 Å². The molecule has 24 heavy (non-hydrogen) atoms. The number of nitrogens with one attached hydrogen (secondary N) is 1. The Morgan fingerprint density at radius 2 is 2.08 bits per heavy atom. The van der Waals surface area contributed by atoms with Crippen molar-refractivity contribution in [1.82, 2.24) is 10.3 Å². The molecule has 2 heterocycles. The predicted molar refractivity (Wildman–Crippen MR) is 93.5 cm³/mol. The molecule has 7 heteroatoms. The smallest absolute Gasteiger partial charge is 0.271 e. The van der Waals surface area contributed by atoms with Crippen LogP contribution in [0.1, 0.15) is 33.9 Å². The van der Waals surface area contributed by atoms with Crippen molar-refractivity contribution in [3.8, 4) is 0 Å². The van der Waals surface area contributed by atoms with Crippen molar-refractivity contribution in [3.05, 3.63) is 50.9 Å². The first-order chi connectivity index (χ1) is 11.6. The van der Waals surface area contributed by atoms with Crippen LogP contribution in [0.3, 0.4) is 0 Å². The Hall–Kier alpha value is -1.47. The first-order valence-electron chi connectivity index (χ1n) is 7.73. The third kappa shape index (κ3) is 3.78. The van der Waals surface area contributed by atoms with Gasteiger partial charge in [-0.1, -0.05) is 23.7 Å². The van der Waals surface area contributed by atoms with Crippen molar-refractivity contribution >= 4 is 28.8 Å². The van der Waals surface area contributed by atoms with Crippen molar-refractivity contribution in [3.63, 3.8) is 0 Å². The number of methoxy groups -OCH3 is 1. The number of halogens is 1. The highest BCUT2D eigenvalue weighted by Crippen LogP contribution is 2.33. The average molecular weight is 367 g/mol. The zero-order chi connectivity index (χ0) is 17.0. The summed E-state index contributed by atoms with van der Waals surface area (Å²) < 4.78 is 10.5. The van der Waals surface area contributed by atoms with E-state index < -0.39 is 5.54 Å². The topological polar surface area (TPSA) is 60.5 Å². The molecule has 0 aliphatic carbocycles. The molecule has 0 unspecified atom stereocenters. The number of amides is 1. The molecule has 2 aromatic rings. The number of carbonyl (C=O) groups excluding carboxylic acids is 1. The minimum Gasteiger partial charge on any atom is -0.381 e. The number of hydrogen-bond donors (Lipinski definition) is 1. The first-order valence-corrected chi connectivity index (χ1v) is 8.98. The minimum absolute atomic E-state index is 0.176. The van der Waals surface area contributed by atoms with Crippen LogP contribution in [0.2, 0.25) is 5.02 Å². The van der Waals surface area contributed by atoms with Gasteiger partial charge >= 0.3 is 0 Å². The average Bonchev–Trinajstić information content (AvgIpc) is 3.05. The van der Waals surface area contributed by atoms with Gasteiger partial charge in [-0.2, -0.15) is 0 Å². The van der Waals surface area contributed by atoms with E-state index in [9.17, 15) is 4.79 Å². The molecule has 0 spiro atoms. The molecular weight excluding hydrogens is 348 g/mol. The fourth-order valence-electron chi connectivity index (χ4n) is 2.86. The summed E-state index contributed by atoms with van der Waals surface area (Å²) in [4.78, 5) is 17.0. The van der Waals surface area contributed by atoms with Gasteiger partial charge in [-0.25, -0.2) is 4.98 Å². The lowest BCUT2D eigenvalue weighted by Crippen LogP contribution is -2.49. The van der Waals surface area contributed by atoms with Crippen LogP contribution in [0.25, 0.3) is 0 Å². The Kier molecular flexibility index (Phi) is 5.50. The van der Waals surface area contributed by atoms with Gasteiger partial charge in [0.25, 0.3) is 5.91 Å². The fraction of sp³-hybridized carbons (Fsp3) is 0.412. The number of aromatic nitrogens is 1. The molecule has 1 aromatic heterocycles. The number of hydrogen-bond acceptors (Lipinski definition) is 5. The maximum absolute atomic E-state index is 12.7. The van der Waals surface area contributed by atoms with Gasteiger partial charge in [0.1, 0.15) is 10.7 Å². The Morgan fingerprint density at radius 3 is 2.75 bits per heavy atom. The normalized spacial score (nSPS) is 16.8. The first kappa shape index (κ1) is 17.4. The summed E-state index contributed by atoms with van der Waals surface area (Å²) in [7, 11) is 1.61. The van der Waals surface area contributed by atoms with Crippen LogP contribution in [-0.4, -0.2) is 31.2 Å². The van der Waals surface area contributed by atoms with E-state index in [2.05, 4.69) is 10.3 Å². The molecule has 0 saturated carbocycles. The lowest BCUT2D eigenvalue weighted by Gasteiger charge is -2.38. The fourth-order valence-corrected chi connectivity index (χ4v) is 3.73. The molecule has 0 atom stereocenters. The van der Waals surface area contributed by atoms with E-state index >= 15 is 0 Å². The maximum Gasteiger partial charge on any atom is 0.271 e. The molecule has 1 fully saturated rings. The van der Waals surface area contributed by atoms with Gasteiger partial charge in [-0.05, 0) is 30.5 Å². The molecule has 1 aromatic carbocycles. The van der Waals surface area contributed by atoms with Crippen LogP contribution in [0.4, 0.5) is 0 Å². The van der Waals surface area contributed by atoms with Gasteiger partial charge in [0.15, 0.2) is 0 Å². The number of rotatable bonds is 5. The second-order valence-electron chi connectivity index (χ2n) is 5.71. The van der Waals surface area contributed by atoms with Crippen molar-refractivity contribution in [2.75, 3.05) is 20.3 Å². The van der Waals surface area contributed by atoms with E-state index in [1.807, 2.05) is 24.3 Å². The second-order valence-corrected chi connectivity index (χ2v) is 7.09. The Morgan fingerprint density at radius 1 is 1.38 bits per heavy atom. The quantitative estimate of drug-likeness (QED) is 0.881. The molecule has 0 bridgehead atoms. The summed E-state index contributed by atoms with van der Waals surface area (Å²) in [5, 5.41) is 6.41. The van der Waals surface area contributed by atoms with Crippen LogP contribution < -0.4 is 5.32 Å². The van der Waals surface area contributed by atoms with E-state index in [4.69, 9.17) is 21.1 Å². The highest BCUT2D eigenvalue weighted by atomic mass is 35.5. The van der Waals surface area contributed by atoms with Gasteiger partial charge in [0.2, 0.25) is 0 Å². The third-order valence-corrected chi connectivity index (χ3v) is 5.22. The molecular formula is C17H19ClN2O3S. The molecule has 1 aliphatic rings. The van der Waals surface area contributed by atoms with E-state index in [1.165, 1.54) is 11.3 Å². The molecule has 1 aliphatic heterocycles. The monoisotopic (exact) mass is 366 g/mol. The SMILES string of the molecule is COCc1nc(C(=O)NC2(c3ccc(Cl)cc3)CCOCC2)cs1. The predicted octanol–water partition coefficient (Wildman–Crippen LogP) is 3.38. The van der Waals surface area contributed by atoms with E-state index in [0.717, 1.165) is 23.4 Å². The number of benzene rings is 1. The largest absolute Gasteiger partial charge is 0.381 e. The van der Waals surface area contributed by atoms with Crippen LogP contribution >= 0.6 is 22.9 Å². The van der Waals surface area contributed by atoms with Gasteiger partial charge in [-0.15, -0.1) is 11.3 Å². The number of nitrogens with zero attached hydrogens (tertiary/aromatic N) is 1. The van der Waals surface area contributed by atoms with Crippen LogP contribution in [0.15, 0.2) is 29.6 Å². The minimum atomic E-state index is -0.453. The van der Waals surface area contributed by atoms with E-state index in [0.29, 0.717) is 30.5 Å². The molecule has 1 amide bonds. The lowest BCUT2D eigenvalue weighted by molar-refractivity contribution is 0.0344. The Labute approximate surface area is 150 Å². The zero-order valence-corrected chi connectivity index (χ0v) is 15.0. The molecule has 3 rings (SSSR count). The summed E-state index contributed by atoms with van der Waals surface area (Å²) >= 11 is 7.42. The Bertz CT molecular complexity index is 696. The van der Waals surface area contributed by atoms with Crippen molar-refractivity contribution in [2.24, 2.45) is 0 Å². The summed E-state index contributed by atoms with van der Waals surface area (Å²) in [6.45, 7) is 1.62. The molecule has 0 radical (unpaired) electrons. The van der Waals surface area contributed by atoms with Crippen LogP contribution in [-0.2, 0) is 21.6 Å². The zero-order valence-electron chi connectivity index (χ0n) is 13.4. The molecule has 1 saturated heterocycles. The summed E-state index contributed by atoms with van der Waals surface area (Å²) in [6.07, 6.45) is 1.44. The Balaban J connectivity index is 1.83. The molecule has 128 valence electrons. The number of thiazole rings is 1.